The third-order valence-electron chi connectivity index (χ3n) is 8.29. The molecule has 0 aromatic heterocycles. The Balaban J connectivity index is 1.58. The predicted octanol–water partition coefficient (Wildman–Crippen LogP) is 7.31. The number of anilines is 1. The second-order valence-electron chi connectivity index (χ2n) is 11.6. The standard InChI is InChI=1S/C36H37BrClN3O4S/c1-26-16-21-30(38)23-33(26)41(46(44,45)32-14-6-3-7-15-32)25-35(42)40(24-28-17-19-29(37)20-18-28)34(22-27-10-4-2-5-11-27)36(43)39-31-12-8-9-13-31/h2-7,10-11,14-21,23,31,34H,8-9,12-13,22,24-25H2,1H3,(H,39,43)/t34-/m1/s1. The van der Waals surface area contributed by atoms with E-state index in [4.69, 9.17) is 11.6 Å². The predicted molar refractivity (Wildman–Crippen MR) is 186 cm³/mol. The van der Waals surface area contributed by atoms with Crippen LogP contribution in [0.25, 0.3) is 0 Å². The fourth-order valence-corrected chi connectivity index (χ4v) is 7.71. The van der Waals surface area contributed by atoms with Crippen LogP contribution in [0.5, 0.6) is 0 Å². The normalized spacial score (nSPS) is 14.1. The molecule has 1 fully saturated rings. The summed E-state index contributed by atoms with van der Waals surface area (Å²) in [6.45, 7) is 1.35. The summed E-state index contributed by atoms with van der Waals surface area (Å²) in [4.78, 5) is 30.3. The van der Waals surface area contributed by atoms with E-state index in [1.165, 1.54) is 17.0 Å². The van der Waals surface area contributed by atoms with E-state index in [2.05, 4.69) is 21.2 Å². The summed E-state index contributed by atoms with van der Waals surface area (Å²) in [5, 5.41) is 3.54. The van der Waals surface area contributed by atoms with Gasteiger partial charge in [0.15, 0.2) is 0 Å². The highest BCUT2D eigenvalue weighted by Crippen LogP contribution is 2.30. The summed E-state index contributed by atoms with van der Waals surface area (Å²) >= 11 is 9.84. The molecule has 0 spiro atoms. The van der Waals surface area contributed by atoms with E-state index in [9.17, 15) is 18.0 Å². The maximum atomic E-state index is 14.6. The van der Waals surface area contributed by atoms with Crippen LogP contribution in [0, 0.1) is 6.92 Å². The number of carbonyl (C=O) groups is 2. The SMILES string of the molecule is Cc1ccc(Cl)cc1N(CC(=O)N(Cc1ccc(Br)cc1)[C@H](Cc1ccccc1)C(=O)NC1CCCC1)S(=O)(=O)c1ccccc1. The second kappa shape index (κ2) is 15.3. The van der Waals surface area contributed by atoms with Gasteiger partial charge in [-0.2, -0.15) is 0 Å². The first-order chi connectivity index (χ1) is 22.1. The molecule has 1 N–H and O–H groups in total. The summed E-state index contributed by atoms with van der Waals surface area (Å²) in [7, 11) is -4.20. The van der Waals surface area contributed by atoms with Crippen LogP contribution in [0.1, 0.15) is 42.4 Å². The molecule has 4 aromatic carbocycles. The van der Waals surface area contributed by atoms with Crippen molar-refractivity contribution in [1.82, 2.24) is 10.2 Å². The molecule has 0 saturated heterocycles. The molecule has 10 heteroatoms. The molecular weight excluding hydrogens is 686 g/mol. The lowest BCUT2D eigenvalue weighted by atomic mass is 10.0. The monoisotopic (exact) mass is 721 g/mol. The lowest BCUT2D eigenvalue weighted by Crippen LogP contribution is -2.54. The number of rotatable bonds is 12. The quantitative estimate of drug-likeness (QED) is 0.166. The summed E-state index contributed by atoms with van der Waals surface area (Å²) in [6, 6.07) is 29.2. The van der Waals surface area contributed by atoms with Crippen molar-refractivity contribution in [2.24, 2.45) is 0 Å². The minimum absolute atomic E-state index is 0.0412. The van der Waals surface area contributed by atoms with Crippen molar-refractivity contribution in [1.29, 1.82) is 0 Å². The third kappa shape index (κ3) is 8.37. The Morgan fingerprint density at radius 3 is 2.17 bits per heavy atom. The number of halogens is 2. The van der Waals surface area contributed by atoms with Crippen LogP contribution >= 0.6 is 27.5 Å². The summed E-state index contributed by atoms with van der Waals surface area (Å²) in [5.74, 6) is -0.762. The van der Waals surface area contributed by atoms with Gasteiger partial charge in [0.05, 0.1) is 10.6 Å². The molecule has 240 valence electrons. The topological polar surface area (TPSA) is 86.8 Å². The first-order valence-electron chi connectivity index (χ1n) is 15.3. The Hall–Kier alpha value is -3.66. The van der Waals surface area contributed by atoms with Gasteiger partial charge in [0.25, 0.3) is 10.0 Å². The Labute approximate surface area is 284 Å². The largest absolute Gasteiger partial charge is 0.352 e. The number of amides is 2. The lowest BCUT2D eigenvalue weighted by molar-refractivity contribution is -0.140. The molecular formula is C36H37BrClN3O4S. The van der Waals surface area contributed by atoms with E-state index < -0.39 is 28.5 Å². The molecule has 0 unspecified atom stereocenters. The molecule has 2 amide bonds. The van der Waals surface area contributed by atoms with Gasteiger partial charge in [-0.05, 0) is 72.9 Å². The van der Waals surface area contributed by atoms with Gasteiger partial charge in [0, 0.05) is 28.5 Å². The Morgan fingerprint density at radius 2 is 1.52 bits per heavy atom. The van der Waals surface area contributed by atoms with E-state index in [-0.39, 0.29) is 29.8 Å². The fraction of sp³-hybridized carbons (Fsp3) is 0.278. The van der Waals surface area contributed by atoms with Gasteiger partial charge in [-0.25, -0.2) is 8.42 Å². The average molecular weight is 723 g/mol. The highest BCUT2D eigenvalue weighted by atomic mass is 79.9. The van der Waals surface area contributed by atoms with E-state index in [1.807, 2.05) is 54.6 Å². The van der Waals surface area contributed by atoms with Gasteiger partial charge < -0.3 is 10.2 Å². The zero-order valence-corrected chi connectivity index (χ0v) is 28.8. The number of hydrogen-bond donors (Lipinski definition) is 1. The van der Waals surface area contributed by atoms with Gasteiger partial charge in [-0.15, -0.1) is 0 Å². The average Bonchev–Trinajstić information content (AvgIpc) is 3.57. The molecule has 1 atom stereocenters. The molecule has 0 radical (unpaired) electrons. The van der Waals surface area contributed by atoms with Crippen molar-refractivity contribution in [3.63, 3.8) is 0 Å². The number of benzene rings is 4. The number of aryl methyl sites for hydroxylation is 1. The maximum Gasteiger partial charge on any atom is 0.264 e. The zero-order valence-electron chi connectivity index (χ0n) is 25.6. The van der Waals surface area contributed by atoms with E-state index >= 15 is 0 Å². The molecule has 1 aliphatic carbocycles. The summed E-state index contributed by atoms with van der Waals surface area (Å²) in [6.07, 6.45) is 4.13. The van der Waals surface area contributed by atoms with Gasteiger partial charge in [-0.3, -0.25) is 13.9 Å². The highest BCUT2D eigenvalue weighted by Gasteiger charge is 2.36. The molecule has 1 saturated carbocycles. The molecule has 4 aromatic rings. The lowest BCUT2D eigenvalue weighted by Gasteiger charge is -2.34. The van der Waals surface area contributed by atoms with Crippen molar-refractivity contribution in [3.8, 4) is 0 Å². The maximum absolute atomic E-state index is 14.6. The molecule has 7 nitrogen and oxygen atoms in total. The van der Waals surface area contributed by atoms with E-state index in [1.54, 1.807) is 43.3 Å². The van der Waals surface area contributed by atoms with Crippen LogP contribution in [-0.2, 0) is 32.6 Å². The van der Waals surface area contributed by atoms with Gasteiger partial charge in [0.2, 0.25) is 11.8 Å². The van der Waals surface area contributed by atoms with Crippen molar-refractivity contribution in [3.05, 3.63) is 129 Å². The molecule has 1 aliphatic rings. The number of carbonyl (C=O) groups excluding carboxylic acids is 2. The summed E-state index contributed by atoms with van der Waals surface area (Å²) < 4.78 is 30.4. The van der Waals surface area contributed by atoms with Gasteiger partial charge in [0.1, 0.15) is 12.6 Å². The first kappa shape index (κ1) is 33.7. The van der Waals surface area contributed by atoms with Crippen LogP contribution in [0.2, 0.25) is 5.02 Å². The third-order valence-corrected chi connectivity index (χ3v) is 10.8. The van der Waals surface area contributed by atoms with Crippen LogP contribution in [0.4, 0.5) is 5.69 Å². The minimum atomic E-state index is -4.20. The van der Waals surface area contributed by atoms with Crippen molar-refractivity contribution in [2.75, 3.05) is 10.8 Å². The highest BCUT2D eigenvalue weighted by molar-refractivity contribution is 9.10. The molecule has 46 heavy (non-hydrogen) atoms. The van der Waals surface area contributed by atoms with Crippen molar-refractivity contribution < 1.29 is 18.0 Å². The number of nitrogens with zero attached hydrogens (tertiary/aromatic N) is 2. The van der Waals surface area contributed by atoms with Crippen LogP contribution in [0.3, 0.4) is 0 Å². The molecule has 0 bridgehead atoms. The smallest absolute Gasteiger partial charge is 0.264 e. The van der Waals surface area contributed by atoms with Gasteiger partial charge >= 0.3 is 0 Å². The number of nitrogens with one attached hydrogen (secondary N) is 1. The second-order valence-corrected chi connectivity index (χ2v) is 14.8. The van der Waals surface area contributed by atoms with E-state index in [0.29, 0.717) is 16.3 Å². The van der Waals surface area contributed by atoms with Crippen molar-refractivity contribution >= 4 is 55.1 Å². The summed E-state index contributed by atoms with van der Waals surface area (Å²) in [5.41, 5.74) is 2.63. The molecule has 0 heterocycles. The number of sulfonamides is 1. The van der Waals surface area contributed by atoms with E-state index in [0.717, 1.165) is 45.6 Å². The minimum Gasteiger partial charge on any atom is -0.352 e. The van der Waals surface area contributed by atoms with Crippen LogP contribution < -0.4 is 9.62 Å². The van der Waals surface area contributed by atoms with Gasteiger partial charge in [-0.1, -0.05) is 107 Å². The fourth-order valence-electron chi connectivity index (χ4n) is 5.79. The Kier molecular flexibility index (Phi) is 11.2. The molecule has 5 rings (SSSR count). The van der Waals surface area contributed by atoms with Crippen LogP contribution in [-0.4, -0.2) is 43.8 Å². The zero-order chi connectivity index (χ0) is 32.7. The van der Waals surface area contributed by atoms with Crippen LogP contribution in [0.15, 0.2) is 112 Å². The van der Waals surface area contributed by atoms with Crippen molar-refractivity contribution in [2.45, 2.75) is 62.6 Å². The Morgan fingerprint density at radius 1 is 0.891 bits per heavy atom. The first-order valence-corrected chi connectivity index (χ1v) is 17.9. The Bertz CT molecular complexity index is 1750. The molecule has 0 aliphatic heterocycles. The number of hydrogen-bond acceptors (Lipinski definition) is 4.